The van der Waals surface area contributed by atoms with Crippen molar-refractivity contribution >= 4 is 17.2 Å². The molecule has 1 saturated heterocycles. The topological polar surface area (TPSA) is 35.7 Å². The molecule has 0 spiro atoms. The molecule has 4 nitrogen and oxygen atoms in total. The maximum atomic E-state index is 5.78. The summed E-state index contributed by atoms with van der Waals surface area (Å²) in [4.78, 5) is 7.82. The highest BCUT2D eigenvalue weighted by atomic mass is 32.1. The van der Waals surface area contributed by atoms with Gasteiger partial charge in [-0.3, -0.25) is 9.80 Å². The standard InChI is InChI=1S/C12H26N4S/c1-4-11(12(13)17)16-9-7-15(8-10-16)6-5-14(2)3/h11H,4-10H2,1-3H3,(H2,13,17). The zero-order valence-electron chi connectivity index (χ0n) is 11.4. The maximum absolute atomic E-state index is 5.78. The number of piperazine rings is 1. The molecule has 1 aliphatic heterocycles. The summed E-state index contributed by atoms with van der Waals surface area (Å²) in [6.07, 6.45) is 1.02. The first kappa shape index (κ1) is 14.8. The van der Waals surface area contributed by atoms with Gasteiger partial charge < -0.3 is 10.6 Å². The minimum absolute atomic E-state index is 0.293. The van der Waals surface area contributed by atoms with Crippen molar-refractivity contribution in [3.8, 4) is 0 Å². The monoisotopic (exact) mass is 258 g/mol. The van der Waals surface area contributed by atoms with E-state index in [2.05, 4.69) is 35.7 Å². The summed E-state index contributed by atoms with van der Waals surface area (Å²) in [5.74, 6) is 0. The summed E-state index contributed by atoms with van der Waals surface area (Å²) in [6.45, 7) is 8.88. The SMILES string of the molecule is CCC(C(N)=S)N1CCN(CCN(C)C)CC1. The Morgan fingerprint density at radius 2 is 1.88 bits per heavy atom. The molecule has 0 amide bonds. The van der Waals surface area contributed by atoms with Crippen LogP contribution >= 0.6 is 12.2 Å². The van der Waals surface area contributed by atoms with Crippen LogP contribution in [0.2, 0.25) is 0 Å². The van der Waals surface area contributed by atoms with Crippen molar-refractivity contribution in [2.75, 3.05) is 53.4 Å². The summed E-state index contributed by atoms with van der Waals surface area (Å²) >= 11 is 5.13. The molecule has 1 unspecified atom stereocenters. The smallest absolute Gasteiger partial charge is 0.0901 e. The van der Waals surface area contributed by atoms with Crippen LogP contribution in [0.4, 0.5) is 0 Å². The highest BCUT2D eigenvalue weighted by Gasteiger charge is 2.23. The summed E-state index contributed by atoms with van der Waals surface area (Å²) in [7, 11) is 4.24. The number of thiocarbonyl (C=S) groups is 1. The average Bonchev–Trinajstić information content (AvgIpc) is 2.28. The van der Waals surface area contributed by atoms with Gasteiger partial charge in [0, 0.05) is 39.3 Å². The quantitative estimate of drug-likeness (QED) is 0.690. The fourth-order valence-corrected chi connectivity index (χ4v) is 2.60. The molecule has 1 fully saturated rings. The Balaban J connectivity index is 2.32. The fraction of sp³-hybridized carbons (Fsp3) is 0.917. The number of hydrogen-bond donors (Lipinski definition) is 1. The van der Waals surface area contributed by atoms with Crippen LogP contribution in [0.15, 0.2) is 0 Å². The van der Waals surface area contributed by atoms with E-state index in [1.807, 2.05) is 0 Å². The summed E-state index contributed by atoms with van der Waals surface area (Å²) < 4.78 is 0. The van der Waals surface area contributed by atoms with E-state index < -0.39 is 0 Å². The van der Waals surface area contributed by atoms with Gasteiger partial charge in [-0.25, -0.2) is 0 Å². The number of nitrogens with zero attached hydrogens (tertiary/aromatic N) is 3. The van der Waals surface area contributed by atoms with E-state index in [0.29, 0.717) is 11.0 Å². The van der Waals surface area contributed by atoms with E-state index in [9.17, 15) is 0 Å². The Kier molecular flexibility index (Phi) is 6.33. The Bertz CT molecular complexity index is 237. The van der Waals surface area contributed by atoms with Crippen LogP contribution in [0.3, 0.4) is 0 Å². The predicted octanol–water partition coefficient (Wildman–Crippen LogP) is 0.230. The van der Waals surface area contributed by atoms with Crippen molar-refractivity contribution < 1.29 is 0 Å². The van der Waals surface area contributed by atoms with Gasteiger partial charge in [0.05, 0.1) is 11.0 Å². The lowest BCUT2D eigenvalue weighted by atomic mass is 10.1. The molecule has 17 heavy (non-hydrogen) atoms. The normalized spacial score (nSPS) is 20.7. The van der Waals surface area contributed by atoms with Crippen LogP contribution in [0.25, 0.3) is 0 Å². The molecular formula is C12H26N4S. The molecule has 0 aromatic heterocycles. The highest BCUT2D eigenvalue weighted by molar-refractivity contribution is 7.80. The van der Waals surface area contributed by atoms with Crippen LogP contribution in [-0.2, 0) is 0 Å². The Labute approximate surface area is 111 Å². The third-order valence-electron chi connectivity index (χ3n) is 3.43. The van der Waals surface area contributed by atoms with Crippen molar-refractivity contribution in [3.05, 3.63) is 0 Å². The Morgan fingerprint density at radius 3 is 2.29 bits per heavy atom. The second-order valence-electron chi connectivity index (χ2n) is 5.01. The van der Waals surface area contributed by atoms with Gasteiger partial charge >= 0.3 is 0 Å². The van der Waals surface area contributed by atoms with Crippen LogP contribution in [0, 0.1) is 0 Å². The zero-order valence-corrected chi connectivity index (χ0v) is 12.2. The molecular weight excluding hydrogens is 232 g/mol. The lowest BCUT2D eigenvalue weighted by molar-refractivity contribution is 0.111. The van der Waals surface area contributed by atoms with Gasteiger partial charge in [-0.05, 0) is 20.5 Å². The molecule has 1 aliphatic rings. The lowest BCUT2D eigenvalue weighted by Gasteiger charge is -2.38. The predicted molar refractivity (Wildman–Crippen MR) is 77.4 cm³/mol. The van der Waals surface area contributed by atoms with Crippen molar-refractivity contribution in [1.82, 2.24) is 14.7 Å². The molecule has 100 valence electrons. The van der Waals surface area contributed by atoms with Crippen LogP contribution < -0.4 is 5.73 Å². The van der Waals surface area contributed by atoms with Crippen molar-refractivity contribution in [2.24, 2.45) is 5.73 Å². The second-order valence-corrected chi connectivity index (χ2v) is 5.48. The molecule has 1 heterocycles. The Morgan fingerprint density at radius 1 is 1.29 bits per heavy atom. The summed E-state index contributed by atoms with van der Waals surface area (Å²) in [5.41, 5.74) is 5.78. The van der Waals surface area contributed by atoms with Gasteiger partial charge in [0.1, 0.15) is 0 Å². The van der Waals surface area contributed by atoms with E-state index in [1.54, 1.807) is 0 Å². The highest BCUT2D eigenvalue weighted by Crippen LogP contribution is 2.09. The van der Waals surface area contributed by atoms with Crippen molar-refractivity contribution in [3.63, 3.8) is 0 Å². The van der Waals surface area contributed by atoms with Gasteiger partial charge in [-0.1, -0.05) is 19.1 Å². The van der Waals surface area contributed by atoms with E-state index in [1.165, 1.54) is 0 Å². The van der Waals surface area contributed by atoms with Crippen molar-refractivity contribution in [1.29, 1.82) is 0 Å². The van der Waals surface area contributed by atoms with E-state index in [-0.39, 0.29) is 0 Å². The van der Waals surface area contributed by atoms with Crippen LogP contribution in [0.1, 0.15) is 13.3 Å². The third-order valence-corrected chi connectivity index (χ3v) is 3.70. The van der Waals surface area contributed by atoms with Crippen LogP contribution in [-0.4, -0.2) is 79.1 Å². The maximum Gasteiger partial charge on any atom is 0.0901 e. The average molecular weight is 258 g/mol. The van der Waals surface area contributed by atoms with Crippen molar-refractivity contribution in [2.45, 2.75) is 19.4 Å². The van der Waals surface area contributed by atoms with E-state index in [4.69, 9.17) is 18.0 Å². The van der Waals surface area contributed by atoms with Gasteiger partial charge in [0.15, 0.2) is 0 Å². The summed E-state index contributed by atoms with van der Waals surface area (Å²) in [5, 5.41) is 0. The minimum Gasteiger partial charge on any atom is -0.392 e. The first-order valence-electron chi connectivity index (χ1n) is 6.45. The van der Waals surface area contributed by atoms with E-state index in [0.717, 1.165) is 45.7 Å². The zero-order chi connectivity index (χ0) is 12.8. The summed E-state index contributed by atoms with van der Waals surface area (Å²) in [6, 6.07) is 0.293. The van der Waals surface area contributed by atoms with Crippen LogP contribution in [0.5, 0.6) is 0 Å². The minimum atomic E-state index is 0.293. The number of rotatable bonds is 6. The Hall–Kier alpha value is -0.230. The number of nitrogens with two attached hydrogens (primary N) is 1. The molecule has 5 heteroatoms. The van der Waals surface area contributed by atoms with Gasteiger partial charge in [-0.2, -0.15) is 0 Å². The molecule has 0 bridgehead atoms. The largest absolute Gasteiger partial charge is 0.392 e. The molecule has 0 aromatic rings. The number of hydrogen-bond acceptors (Lipinski definition) is 4. The first-order chi connectivity index (χ1) is 8.04. The molecule has 2 N–H and O–H groups in total. The molecule has 0 saturated carbocycles. The van der Waals surface area contributed by atoms with Gasteiger partial charge in [-0.15, -0.1) is 0 Å². The molecule has 0 aliphatic carbocycles. The second kappa shape index (κ2) is 7.26. The molecule has 0 radical (unpaired) electrons. The van der Waals surface area contributed by atoms with Gasteiger partial charge in [0.2, 0.25) is 0 Å². The molecule has 1 atom stereocenters. The first-order valence-corrected chi connectivity index (χ1v) is 6.86. The lowest BCUT2D eigenvalue weighted by Crippen LogP contribution is -2.54. The number of likely N-dealkylation sites (N-methyl/N-ethyl adjacent to an activating group) is 1. The van der Waals surface area contributed by atoms with E-state index >= 15 is 0 Å². The third kappa shape index (κ3) is 4.87. The van der Waals surface area contributed by atoms with Gasteiger partial charge in [0.25, 0.3) is 0 Å². The molecule has 0 aromatic carbocycles. The molecule has 1 rings (SSSR count). The fourth-order valence-electron chi connectivity index (χ4n) is 2.28.